The van der Waals surface area contributed by atoms with Gasteiger partial charge in [0.25, 0.3) is 0 Å². The van der Waals surface area contributed by atoms with Crippen LogP contribution in [0.15, 0.2) is 177 Å². The number of pyridine rings is 2. The summed E-state index contributed by atoms with van der Waals surface area (Å²) >= 11 is 0. The molecule has 1 unspecified atom stereocenters. The zero-order valence-corrected chi connectivity index (χ0v) is 35.4. The molecule has 5 rings (SSSR count). The maximum Gasteiger partial charge on any atom is 0.0715 e. The van der Waals surface area contributed by atoms with Gasteiger partial charge in [-0.25, -0.2) is 4.98 Å². The molecule has 0 saturated heterocycles. The van der Waals surface area contributed by atoms with Crippen molar-refractivity contribution >= 4 is 11.1 Å². The van der Waals surface area contributed by atoms with Crippen LogP contribution >= 0.6 is 0 Å². The molecule has 2 heteroatoms. The minimum atomic E-state index is -0.306. The van der Waals surface area contributed by atoms with Crippen molar-refractivity contribution in [3.63, 3.8) is 0 Å². The number of aromatic nitrogens is 2. The third-order valence-electron chi connectivity index (χ3n) is 10.00. The van der Waals surface area contributed by atoms with Gasteiger partial charge in [-0.3, -0.25) is 4.98 Å². The summed E-state index contributed by atoms with van der Waals surface area (Å²) in [5.41, 5.74) is 13.6. The van der Waals surface area contributed by atoms with E-state index in [1.165, 1.54) is 40.7 Å². The lowest BCUT2D eigenvalue weighted by atomic mass is 9.67. The van der Waals surface area contributed by atoms with Gasteiger partial charge < -0.3 is 0 Å². The first-order valence-corrected chi connectivity index (χ1v) is 20.6. The van der Waals surface area contributed by atoms with Crippen LogP contribution in [0.4, 0.5) is 0 Å². The quantitative estimate of drug-likeness (QED) is 0.0572. The molecule has 0 spiro atoms. The first-order chi connectivity index (χ1) is 27.5. The molecule has 2 nitrogen and oxygen atoms in total. The molecule has 0 aliphatic rings. The van der Waals surface area contributed by atoms with E-state index in [0.29, 0.717) is 0 Å². The van der Waals surface area contributed by atoms with Crippen LogP contribution in [0.3, 0.4) is 0 Å². The van der Waals surface area contributed by atoms with Crippen molar-refractivity contribution < 1.29 is 0 Å². The number of benzene rings is 3. The Morgan fingerprint density at radius 3 is 2.11 bits per heavy atom. The molecule has 0 saturated carbocycles. The molecule has 2 aromatic heterocycles. The van der Waals surface area contributed by atoms with E-state index in [9.17, 15) is 0 Å². The Labute approximate surface area is 339 Å². The summed E-state index contributed by atoms with van der Waals surface area (Å²) in [5.74, 6) is 0. The molecule has 290 valence electrons. The number of hydrogen-bond donors (Lipinski definition) is 0. The van der Waals surface area contributed by atoms with Crippen molar-refractivity contribution in [3.8, 4) is 22.4 Å². The van der Waals surface area contributed by atoms with Crippen LogP contribution < -0.4 is 0 Å². The Kier molecular flexibility index (Phi) is 19.2. The Bertz CT molecular complexity index is 2080. The third kappa shape index (κ3) is 11.5. The first-order valence-electron chi connectivity index (χ1n) is 20.6. The molecule has 1 atom stereocenters. The summed E-state index contributed by atoms with van der Waals surface area (Å²) in [5, 5.41) is 0. The van der Waals surface area contributed by atoms with E-state index in [4.69, 9.17) is 4.98 Å². The van der Waals surface area contributed by atoms with Crippen molar-refractivity contribution in [2.75, 3.05) is 0 Å². The normalized spacial score (nSPS) is 12.8. The summed E-state index contributed by atoms with van der Waals surface area (Å²) in [7, 11) is 0. The molecule has 0 aliphatic heterocycles. The van der Waals surface area contributed by atoms with E-state index >= 15 is 0 Å². The van der Waals surface area contributed by atoms with Crippen LogP contribution in [0.25, 0.3) is 33.5 Å². The maximum atomic E-state index is 5.17. The van der Waals surface area contributed by atoms with Crippen LogP contribution in [0.1, 0.15) is 109 Å². The Hall–Kier alpha value is -5.60. The van der Waals surface area contributed by atoms with Gasteiger partial charge in [0.05, 0.1) is 11.4 Å². The van der Waals surface area contributed by atoms with E-state index in [1.807, 2.05) is 65.2 Å². The summed E-state index contributed by atoms with van der Waals surface area (Å²) in [6.45, 7) is 25.0. The summed E-state index contributed by atoms with van der Waals surface area (Å²) in [4.78, 5) is 9.56. The smallest absolute Gasteiger partial charge is 0.0715 e. The highest BCUT2D eigenvalue weighted by Gasteiger charge is 2.34. The first kappa shape index (κ1) is 44.8. The zero-order chi connectivity index (χ0) is 40.8. The molecule has 0 fully saturated rings. The molecule has 2 heterocycles. The van der Waals surface area contributed by atoms with Crippen LogP contribution in [0, 0.1) is 0 Å². The largest absolute Gasteiger partial charge is 0.265 e. The van der Waals surface area contributed by atoms with Crippen molar-refractivity contribution in [3.05, 3.63) is 205 Å². The highest BCUT2D eigenvalue weighted by Crippen LogP contribution is 2.43. The van der Waals surface area contributed by atoms with Crippen molar-refractivity contribution in [1.82, 2.24) is 9.97 Å². The molecule has 0 aliphatic carbocycles. The molecule has 5 aromatic rings. The Morgan fingerprint density at radius 2 is 1.45 bits per heavy atom. The molecular weight excluding hydrogens is 677 g/mol. The lowest BCUT2D eigenvalue weighted by Crippen LogP contribution is -2.28. The summed E-state index contributed by atoms with van der Waals surface area (Å²) in [6.07, 6.45) is 23.6. The van der Waals surface area contributed by atoms with Crippen LogP contribution in [-0.2, 0) is 11.8 Å². The molecular formula is C54H64N2. The zero-order valence-electron chi connectivity index (χ0n) is 35.4. The minimum Gasteiger partial charge on any atom is -0.265 e. The molecule has 0 amide bonds. The van der Waals surface area contributed by atoms with Gasteiger partial charge in [-0.2, -0.15) is 0 Å². The second kappa shape index (κ2) is 24.0. The monoisotopic (exact) mass is 741 g/mol. The number of nitrogens with zero attached hydrogens (tertiary/aromatic N) is 2. The number of hydrogen-bond acceptors (Lipinski definition) is 2. The highest BCUT2D eigenvalue weighted by atomic mass is 14.7. The van der Waals surface area contributed by atoms with Crippen LogP contribution in [0.5, 0.6) is 0 Å². The van der Waals surface area contributed by atoms with Crippen molar-refractivity contribution in [2.24, 2.45) is 0 Å². The van der Waals surface area contributed by atoms with Crippen LogP contribution in [0.2, 0.25) is 0 Å². The van der Waals surface area contributed by atoms with Crippen LogP contribution in [-0.4, -0.2) is 9.97 Å². The van der Waals surface area contributed by atoms with E-state index < -0.39 is 0 Å². The van der Waals surface area contributed by atoms with Gasteiger partial charge in [-0.05, 0) is 108 Å². The van der Waals surface area contributed by atoms with Crippen molar-refractivity contribution in [1.29, 1.82) is 0 Å². The second-order valence-electron chi connectivity index (χ2n) is 13.3. The van der Waals surface area contributed by atoms with Crippen molar-refractivity contribution in [2.45, 2.75) is 92.9 Å². The second-order valence-corrected chi connectivity index (χ2v) is 13.3. The fourth-order valence-electron chi connectivity index (χ4n) is 7.13. The standard InChI is InChI=1S/C50H52N2.2C2H6/c1-7-12-15-24-40(34-42-25-19-20-29-47(42)50(6,46-30-32-51-33-31-46)45(11-5)28-16-13-8-2)41-26-21-27-43(35-41)49-37-44(39-22-17-14-18-23-39)36-48(52-49)38(9-3)10-4;2*1-2/h7,9-10,12,14-15,17-33,35-37H,1,3,8,11,13,16,34H2,2,4-6H3;2*1-2H3/b15-12-,38-10+,40-24+,45-28+;;. The number of unbranched alkanes of at least 4 members (excludes halogenated alkanes) is 2. The number of allylic oxidation sites excluding steroid dienone is 10. The lowest BCUT2D eigenvalue weighted by molar-refractivity contribution is 0.632. The van der Waals surface area contributed by atoms with E-state index in [1.54, 1.807) is 0 Å². The average Bonchev–Trinajstić information content (AvgIpc) is 3.27. The van der Waals surface area contributed by atoms with Gasteiger partial charge in [0.15, 0.2) is 0 Å². The lowest BCUT2D eigenvalue weighted by Gasteiger charge is -2.36. The van der Waals surface area contributed by atoms with Gasteiger partial charge in [0, 0.05) is 23.4 Å². The highest BCUT2D eigenvalue weighted by molar-refractivity contribution is 5.80. The van der Waals surface area contributed by atoms with Gasteiger partial charge >= 0.3 is 0 Å². The molecule has 0 bridgehead atoms. The van der Waals surface area contributed by atoms with Gasteiger partial charge in [-0.1, -0.05) is 188 Å². The minimum absolute atomic E-state index is 0.306. The van der Waals surface area contributed by atoms with Gasteiger partial charge in [-0.15, -0.1) is 0 Å². The molecule has 56 heavy (non-hydrogen) atoms. The fourth-order valence-corrected chi connectivity index (χ4v) is 7.13. The topological polar surface area (TPSA) is 25.8 Å². The van der Waals surface area contributed by atoms with E-state index in [-0.39, 0.29) is 5.41 Å². The number of rotatable bonds is 16. The van der Waals surface area contributed by atoms with E-state index in [0.717, 1.165) is 58.5 Å². The van der Waals surface area contributed by atoms with Gasteiger partial charge in [0.1, 0.15) is 0 Å². The molecule has 0 N–H and O–H groups in total. The Morgan fingerprint density at radius 1 is 0.750 bits per heavy atom. The molecule has 3 aromatic carbocycles. The summed E-state index contributed by atoms with van der Waals surface area (Å²) < 4.78 is 0. The van der Waals surface area contributed by atoms with Gasteiger partial charge in [0.2, 0.25) is 0 Å². The fraction of sp³-hybridized carbons (Fsp3) is 0.259. The Balaban J connectivity index is 0.00000204. The van der Waals surface area contributed by atoms with E-state index in [2.05, 4.69) is 166 Å². The predicted molar refractivity (Wildman–Crippen MR) is 248 cm³/mol. The third-order valence-corrected chi connectivity index (χ3v) is 10.00. The average molecular weight is 741 g/mol. The SMILES string of the molecule is C=C/C=C\C=C(/Cc1ccccc1C(C)(/C(=C/CCCC)CC)c1ccncc1)c1cccc(-c2cc(-c3ccccc3)cc(/C(C=C)=C/C)n2)c1.CC.CC. The predicted octanol–water partition coefficient (Wildman–Crippen LogP) is 15.7. The maximum absolute atomic E-state index is 5.17. The molecule has 0 radical (unpaired) electrons. The summed E-state index contributed by atoms with van der Waals surface area (Å²) in [6, 6.07) is 37.0.